The molecule has 0 aliphatic carbocycles. The van der Waals surface area contributed by atoms with Crippen LogP contribution < -0.4 is 0 Å². The second-order valence-electron chi connectivity index (χ2n) is 8.63. The summed E-state index contributed by atoms with van der Waals surface area (Å²) in [6, 6.07) is 10.3. The molecule has 1 heterocycles. The topological polar surface area (TPSA) is 29.5 Å². The van der Waals surface area contributed by atoms with Crippen LogP contribution >= 0.6 is 35.0 Å². The number of amides is 1. The van der Waals surface area contributed by atoms with Gasteiger partial charge in [-0.15, -0.1) is 6.58 Å². The maximum Gasteiger partial charge on any atom is 0.249 e. The summed E-state index contributed by atoms with van der Waals surface area (Å²) >= 11 is 13.0. The number of rotatable bonds is 4. The molecule has 0 spiro atoms. The van der Waals surface area contributed by atoms with Crippen LogP contribution in [0.5, 0.6) is 0 Å². The number of nitrogens with zero attached hydrogens (tertiary/aromatic N) is 1. The Morgan fingerprint density at radius 3 is 2.38 bits per heavy atom. The number of morpholine rings is 1. The van der Waals surface area contributed by atoms with Crippen molar-refractivity contribution in [3.63, 3.8) is 0 Å². The van der Waals surface area contributed by atoms with Gasteiger partial charge < -0.3 is 9.64 Å². The van der Waals surface area contributed by atoms with Gasteiger partial charge in [0.05, 0.1) is 17.7 Å². The first-order valence-corrected chi connectivity index (χ1v) is 12.6. The van der Waals surface area contributed by atoms with E-state index in [-0.39, 0.29) is 40.2 Å². The minimum absolute atomic E-state index is 0.0411. The van der Waals surface area contributed by atoms with E-state index in [4.69, 9.17) is 27.9 Å². The van der Waals surface area contributed by atoms with Crippen molar-refractivity contribution in [3.8, 4) is 0 Å². The highest BCUT2D eigenvalue weighted by Crippen LogP contribution is 2.32. The van der Waals surface area contributed by atoms with E-state index in [1.54, 1.807) is 24.3 Å². The lowest BCUT2D eigenvalue weighted by Gasteiger charge is -2.40. The van der Waals surface area contributed by atoms with Crippen LogP contribution in [-0.2, 0) is 9.53 Å². The smallest absolute Gasteiger partial charge is 0.249 e. The molecule has 1 amide bonds. The van der Waals surface area contributed by atoms with Crippen molar-refractivity contribution in [1.82, 2.24) is 4.90 Å². The third-order valence-electron chi connectivity index (χ3n) is 4.47. The molecule has 34 heavy (non-hydrogen) atoms. The molecule has 188 valence electrons. The first kappa shape index (κ1) is 30.4. The highest BCUT2D eigenvalue weighted by Gasteiger charge is 2.34. The first-order chi connectivity index (χ1) is 15.9. The zero-order valence-electron chi connectivity index (χ0n) is 20.3. The van der Waals surface area contributed by atoms with Gasteiger partial charge in [-0.25, -0.2) is 8.78 Å². The molecule has 3 rings (SSSR count). The molecule has 1 saturated heterocycles. The molecule has 1 aliphatic heterocycles. The largest absolute Gasteiger partial charge is 0.369 e. The summed E-state index contributed by atoms with van der Waals surface area (Å²) in [5.41, 5.74) is 0.715. The molecule has 2 unspecified atom stereocenters. The molecular weight excluding hydrogens is 499 g/mol. The predicted molar refractivity (Wildman–Crippen MR) is 141 cm³/mol. The van der Waals surface area contributed by atoms with Crippen molar-refractivity contribution in [1.29, 1.82) is 0 Å². The predicted octanol–water partition coefficient (Wildman–Crippen LogP) is 7.97. The lowest BCUT2D eigenvalue weighted by Crippen LogP contribution is -2.49. The number of carbonyl (C=O) groups is 1. The zero-order valence-corrected chi connectivity index (χ0v) is 22.6. The number of allylic oxidation sites excluding steroid dienone is 1. The number of ether oxygens (including phenoxy) is 1. The van der Waals surface area contributed by atoms with Gasteiger partial charge in [-0.1, -0.05) is 62.2 Å². The Labute approximate surface area is 216 Å². The quantitative estimate of drug-likeness (QED) is 0.374. The Balaban J connectivity index is 0.000000434. The maximum absolute atomic E-state index is 13.8. The molecule has 2 atom stereocenters. The monoisotopic (exact) mass is 531 g/mol. The lowest BCUT2D eigenvalue weighted by atomic mass is 10.0. The van der Waals surface area contributed by atoms with Crippen molar-refractivity contribution < 1.29 is 18.3 Å². The van der Waals surface area contributed by atoms with Crippen molar-refractivity contribution in [2.45, 2.75) is 51.4 Å². The minimum Gasteiger partial charge on any atom is -0.369 e. The summed E-state index contributed by atoms with van der Waals surface area (Å²) in [5.74, 6) is -0.00285. The van der Waals surface area contributed by atoms with Gasteiger partial charge in [-0.2, -0.15) is 11.8 Å². The average molecular weight is 533 g/mol. The SMILES string of the molecule is C=CC.CC(CSC(C)(C)C)N1C(=O)COCC1c1ccc(Cl)c(F)c1.Fc1cccc(Cl)c1. The second-order valence-corrected chi connectivity index (χ2v) is 11.3. The summed E-state index contributed by atoms with van der Waals surface area (Å²) in [6.45, 7) is 14.2. The van der Waals surface area contributed by atoms with Crippen molar-refractivity contribution in [2.75, 3.05) is 19.0 Å². The zero-order chi connectivity index (χ0) is 25.9. The number of benzene rings is 2. The normalized spacial score (nSPS) is 16.6. The molecule has 0 aromatic heterocycles. The van der Waals surface area contributed by atoms with E-state index < -0.39 is 5.82 Å². The fourth-order valence-electron chi connectivity index (χ4n) is 3.03. The van der Waals surface area contributed by atoms with E-state index in [0.29, 0.717) is 17.2 Å². The second kappa shape index (κ2) is 14.7. The fourth-order valence-corrected chi connectivity index (χ4v) is 4.22. The van der Waals surface area contributed by atoms with Crippen LogP contribution in [-0.4, -0.2) is 40.6 Å². The number of carbonyl (C=O) groups excluding carboxylic acids is 1. The van der Waals surface area contributed by atoms with Crippen LogP contribution in [0.3, 0.4) is 0 Å². The molecule has 2 aromatic carbocycles. The van der Waals surface area contributed by atoms with Crippen molar-refractivity contribution in [2.24, 2.45) is 0 Å². The van der Waals surface area contributed by atoms with Crippen LogP contribution in [0, 0.1) is 11.6 Å². The number of halogens is 4. The molecule has 2 aromatic rings. The standard InChI is InChI=1S/C17H23ClFNO2S.C6H4ClF.C3H6/c1-11(10-23-17(2,3)4)20-15(8-22-9-16(20)21)12-5-6-13(18)14(19)7-12;7-5-2-1-3-6(8)4-5;1-3-2/h5-7,11,15H,8-10H2,1-4H3;1-4H;3H,1H2,2H3. The highest BCUT2D eigenvalue weighted by molar-refractivity contribution is 8.00. The molecular formula is C26H33Cl2F2NO2S. The van der Waals surface area contributed by atoms with Crippen LogP contribution in [0.4, 0.5) is 8.78 Å². The average Bonchev–Trinajstić information content (AvgIpc) is 2.74. The Morgan fingerprint density at radius 1 is 1.24 bits per heavy atom. The van der Waals surface area contributed by atoms with E-state index in [0.717, 1.165) is 5.75 Å². The summed E-state index contributed by atoms with van der Waals surface area (Å²) < 4.78 is 31.4. The van der Waals surface area contributed by atoms with Gasteiger partial charge >= 0.3 is 0 Å². The number of hydrogen-bond donors (Lipinski definition) is 0. The summed E-state index contributed by atoms with van der Waals surface area (Å²) in [6.07, 6.45) is 1.75. The van der Waals surface area contributed by atoms with Gasteiger partial charge in [-0.3, -0.25) is 4.79 Å². The van der Waals surface area contributed by atoms with Gasteiger partial charge in [0.1, 0.15) is 18.2 Å². The Morgan fingerprint density at radius 2 is 1.88 bits per heavy atom. The molecule has 0 saturated carbocycles. The minimum atomic E-state index is -0.473. The lowest BCUT2D eigenvalue weighted by molar-refractivity contribution is -0.151. The fraction of sp³-hybridized carbons (Fsp3) is 0.423. The van der Waals surface area contributed by atoms with Gasteiger partial charge in [0, 0.05) is 21.6 Å². The molecule has 0 N–H and O–H groups in total. The Bertz CT molecular complexity index is 920. The Hall–Kier alpha value is -1.60. The third kappa shape index (κ3) is 10.8. The molecule has 0 radical (unpaired) electrons. The van der Waals surface area contributed by atoms with E-state index >= 15 is 0 Å². The summed E-state index contributed by atoms with van der Waals surface area (Å²) in [5, 5.41) is 0.518. The maximum atomic E-state index is 13.8. The van der Waals surface area contributed by atoms with Gasteiger partial charge in [0.15, 0.2) is 0 Å². The van der Waals surface area contributed by atoms with Crippen LogP contribution in [0.25, 0.3) is 0 Å². The highest BCUT2D eigenvalue weighted by atomic mass is 35.5. The van der Waals surface area contributed by atoms with Crippen LogP contribution in [0.2, 0.25) is 10.0 Å². The van der Waals surface area contributed by atoms with Crippen molar-refractivity contribution >= 4 is 40.9 Å². The molecule has 0 bridgehead atoms. The first-order valence-electron chi connectivity index (χ1n) is 10.9. The molecule has 1 aliphatic rings. The summed E-state index contributed by atoms with van der Waals surface area (Å²) in [7, 11) is 0. The molecule has 1 fully saturated rings. The van der Waals surface area contributed by atoms with E-state index in [1.165, 1.54) is 24.3 Å². The molecule has 8 heteroatoms. The third-order valence-corrected chi connectivity index (χ3v) is 6.53. The number of hydrogen-bond acceptors (Lipinski definition) is 3. The van der Waals surface area contributed by atoms with E-state index in [1.807, 2.05) is 30.5 Å². The Kier molecular flexibility index (Phi) is 13.2. The van der Waals surface area contributed by atoms with Crippen LogP contribution in [0.15, 0.2) is 55.1 Å². The van der Waals surface area contributed by atoms with Crippen molar-refractivity contribution in [3.05, 3.63) is 82.4 Å². The molecule has 3 nitrogen and oxygen atoms in total. The van der Waals surface area contributed by atoms with E-state index in [9.17, 15) is 13.6 Å². The van der Waals surface area contributed by atoms with E-state index in [2.05, 4.69) is 27.4 Å². The number of thioether (sulfide) groups is 1. The van der Waals surface area contributed by atoms with Crippen LogP contribution in [0.1, 0.15) is 46.2 Å². The summed E-state index contributed by atoms with van der Waals surface area (Å²) in [4.78, 5) is 14.2. The van der Waals surface area contributed by atoms with Gasteiger partial charge in [0.2, 0.25) is 5.91 Å². The van der Waals surface area contributed by atoms with Gasteiger partial charge in [-0.05, 0) is 49.7 Å². The van der Waals surface area contributed by atoms with Gasteiger partial charge in [0.25, 0.3) is 0 Å².